The first-order chi connectivity index (χ1) is 47.4. The van der Waals surface area contributed by atoms with Crippen LogP contribution in [0.1, 0.15) is 97.2 Å². The Morgan fingerprint density at radius 3 is 0.784 bits per heavy atom. The minimum atomic E-state index is -0.663. The molecule has 14 aromatic carbocycles. The van der Waals surface area contributed by atoms with E-state index in [-0.39, 0.29) is 16.2 Å². The molecule has 0 unspecified atom stereocenters. The first-order valence-electron chi connectivity index (χ1n) is 34.3. The van der Waals surface area contributed by atoms with Crippen molar-refractivity contribution < 1.29 is 0 Å². The van der Waals surface area contributed by atoms with Crippen LogP contribution in [0.15, 0.2) is 322 Å². The van der Waals surface area contributed by atoms with Crippen LogP contribution in [0.5, 0.6) is 0 Å². The van der Waals surface area contributed by atoms with Gasteiger partial charge in [0.1, 0.15) is 0 Å². The summed E-state index contributed by atoms with van der Waals surface area (Å²) in [6.07, 6.45) is 0. The van der Waals surface area contributed by atoms with Crippen molar-refractivity contribution in [2.24, 2.45) is 0 Å². The lowest BCUT2D eigenvalue weighted by molar-refractivity contribution is 0.660. The molecule has 5 aliphatic rings. The molecule has 0 fully saturated rings. The van der Waals surface area contributed by atoms with Crippen molar-refractivity contribution in [3.05, 3.63) is 377 Å². The van der Waals surface area contributed by atoms with E-state index < -0.39 is 5.41 Å². The Kier molecular flexibility index (Phi) is 12.3. The van der Waals surface area contributed by atoms with E-state index in [0.717, 1.165) is 62.3 Å². The van der Waals surface area contributed by atoms with Crippen LogP contribution in [0.4, 0.5) is 51.2 Å². The molecule has 5 aliphatic carbocycles. The molecule has 3 nitrogen and oxygen atoms in total. The minimum Gasteiger partial charge on any atom is -0.310 e. The van der Waals surface area contributed by atoms with Crippen LogP contribution in [-0.4, -0.2) is 0 Å². The molecular formula is C94H71N3. The van der Waals surface area contributed by atoms with E-state index in [1.165, 1.54) is 111 Å². The molecule has 3 heteroatoms. The third-order valence-corrected chi connectivity index (χ3v) is 22.6. The van der Waals surface area contributed by atoms with Gasteiger partial charge in [-0.25, -0.2) is 0 Å². The largest absolute Gasteiger partial charge is 0.310 e. The summed E-state index contributed by atoms with van der Waals surface area (Å²) in [5, 5.41) is 0. The van der Waals surface area contributed by atoms with Crippen LogP contribution in [0, 0.1) is 0 Å². The maximum absolute atomic E-state index is 2.57. The number of fused-ring (bicyclic) bond motifs is 19. The van der Waals surface area contributed by atoms with Gasteiger partial charge in [0.05, 0.1) is 5.41 Å². The second-order valence-electron chi connectivity index (χ2n) is 28.8. The number of nitrogens with zero attached hydrogens (tertiary/aromatic N) is 3. The van der Waals surface area contributed by atoms with Crippen molar-refractivity contribution in [1.82, 2.24) is 0 Å². The average molecular weight is 1240 g/mol. The van der Waals surface area contributed by atoms with Gasteiger partial charge in [0.2, 0.25) is 0 Å². The van der Waals surface area contributed by atoms with Gasteiger partial charge in [-0.15, -0.1) is 0 Å². The molecule has 0 atom stereocenters. The Labute approximate surface area is 569 Å². The third-order valence-electron chi connectivity index (χ3n) is 22.6. The average Bonchev–Trinajstić information content (AvgIpc) is 1.51. The highest BCUT2D eigenvalue weighted by atomic mass is 15.2. The zero-order valence-corrected chi connectivity index (χ0v) is 55.4. The van der Waals surface area contributed by atoms with E-state index in [1.54, 1.807) is 0 Å². The van der Waals surface area contributed by atoms with Crippen LogP contribution in [-0.2, 0) is 21.7 Å². The van der Waals surface area contributed by atoms with Gasteiger partial charge in [-0.1, -0.05) is 254 Å². The fourth-order valence-electron chi connectivity index (χ4n) is 18.0. The third kappa shape index (κ3) is 8.22. The fraction of sp³-hybridized carbons (Fsp3) is 0.106. The SMILES string of the molecule is CC1(C)c2ccccc2-c2ccc(N(c3ccccc3)c3cc(-c4ccc5c(c4)C4(c6ccccc6-c6ccccc64)c4cc(N(c6ccccc6)c6ccc7c(c6)C(C)(C)c6ccccc6-7)ccc4-5)cc(N(c4ccccc4)c4ccc5c(c4)C(C)(C)c4ccccc4-5)c3)cc21. The molecule has 97 heavy (non-hydrogen) atoms. The van der Waals surface area contributed by atoms with Crippen LogP contribution >= 0.6 is 0 Å². The standard InChI is InChI=1S/C94H71N3/c1-91(2)81-37-21-16-32-71(81)76-48-43-65(56-86(76)91)95(62-26-10-7-11-27-62)68-46-51-80-79-47-42-60(54-89(79)94(90(80)59-68)84-40-24-19-35-74(84)75-36-20-25-41-85(75)94)61-52-69(96(63-28-12-8-13-29-63)66-44-49-77-72-33-17-22-38-82(72)92(3,4)87(77)57-66)55-70(53-61)97(64-30-14-9-15-31-64)67-45-50-78-73-34-18-23-39-83(73)93(5,6)88(78)58-67/h7-59H,1-6H3. The van der Waals surface area contributed by atoms with Crippen LogP contribution in [0.25, 0.3) is 66.8 Å². The normalized spacial score (nSPS) is 14.8. The van der Waals surface area contributed by atoms with Crippen molar-refractivity contribution >= 4 is 51.2 Å². The highest BCUT2D eigenvalue weighted by Crippen LogP contribution is 2.65. The number of para-hydroxylation sites is 3. The summed E-state index contributed by atoms with van der Waals surface area (Å²) in [7, 11) is 0. The van der Waals surface area contributed by atoms with Crippen LogP contribution in [0.3, 0.4) is 0 Å². The first kappa shape index (κ1) is 57.0. The topological polar surface area (TPSA) is 9.72 Å². The van der Waals surface area contributed by atoms with Crippen molar-refractivity contribution in [3.63, 3.8) is 0 Å². The van der Waals surface area contributed by atoms with Crippen molar-refractivity contribution in [3.8, 4) is 66.8 Å². The maximum Gasteiger partial charge on any atom is 0.0726 e. The van der Waals surface area contributed by atoms with Crippen LogP contribution < -0.4 is 14.7 Å². The molecule has 0 radical (unpaired) electrons. The zero-order valence-electron chi connectivity index (χ0n) is 55.4. The molecule has 0 aromatic heterocycles. The van der Waals surface area contributed by atoms with Crippen molar-refractivity contribution in [2.75, 3.05) is 14.7 Å². The number of benzene rings is 14. The van der Waals surface area contributed by atoms with E-state index in [0.29, 0.717) is 0 Å². The molecule has 0 heterocycles. The molecule has 0 saturated heterocycles. The molecule has 462 valence electrons. The van der Waals surface area contributed by atoms with E-state index >= 15 is 0 Å². The molecule has 1 spiro atoms. The Hall–Kier alpha value is -11.5. The molecule has 0 N–H and O–H groups in total. The van der Waals surface area contributed by atoms with E-state index in [2.05, 4.69) is 378 Å². The fourth-order valence-corrected chi connectivity index (χ4v) is 18.0. The van der Waals surface area contributed by atoms with Crippen molar-refractivity contribution in [1.29, 1.82) is 0 Å². The summed E-state index contributed by atoms with van der Waals surface area (Å²) in [6.45, 7) is 14.3. The highest BCUT2D eigenvalue weighted by Gasteiger charge is 2.52. The lowest BCUT2D eigenvalue weighted by Gasteiger charge is -2.33. The zero-order chi connectivity index (χ0) is 65.1. The molecule has 0 amide bonds. The second-order valence-corrected chi connectivity index (χ2v) is 28.8. The molecule has 0 saturated carbocycles. The van der Waals surface area contributed by atoms with Gasteiger partial charge >= 0.3 is 0 Å². The van der Waals surface area contributed by atoms with Gasteiger partial charge in [0.15, 0.2) is 0 Å². The molecular weight excluding hydrogens is 1170 g/mol. The summed E-state index contributed by atoms with van der Waals surface area (Å²) >= 11 is 0. The summed E-state index contributed by atoms with van der Waals surface area (Å²) in [5.41, 5.74) is 37.0. The Balaban J connectivity index is 0.840. The molecule has 14 aromatic rings. The van der Waals surface area contributed by atoms with E-state index in [9.17, 15) is 0 Å². The Bertz CT molecular complexity index is 5360. The van der Waals surface area contributed by atoms with Gasteiger partial charge in [-0.2, -0.15) is 0 Å². The maximum atomic E-state index is 2.57. The smallest absolute Gasteiger partial charge is 0.0726 e. The predicted molar refractivity (Wildman–Crippen MR) is 405 cm³/mol. The molecule has 0 bridgehead atoms. The summed E-state index contributed by atoms with van der Waals surface area (Å²) < 4.78 is 0. The van der Waals surface area contributed by atoms with Gasteiger partial charge < -0.3 is 14.7 Å². The lowest BCUT2D eigenvalue weighted by atomic mass is 9.70. The van der Waals surface area contributed by atoms with Gasteiger partial charge in [-0.05, 0) is 232 Å². The molecule has 0 aliphatic heterocycles. The number of rotatable bonds is 10. The Morgan fingerprint density at radius 2 is 0.423 bits per heavy atom. The minimum absolute atomic E-state index is 0.166. The number of hydrogen-bond acceptors (Lipinski definition) is 3. The van der Waals surface area contributed by atoms with E-state index in [4.69, 9.17) is 0 Å². The summed E-state index contributed by atoms with van der Waals surface area (Å²) in [4.78, 5) is 7.47. The summed E-state index contributed by atoms with van der Waals surface area (Å²) in [6, 6.07) is 122. The van der Waals surface area contributed by atoms with Gasteiger partial charge in [0, 0.05) is 67.4 Å². The van der Waals surface area contributed by atoms with Gasteiger partial charge in [-0.3, -0.25) is 0 Å². The van der Waals surface area contributed by atoms with Crippen LogP contribution in [0.2, 0.25) is 0 Å². The highest BCUT2D eigenvalue weighted by molar-refractivity contribution is 5.99. The van der Waals surface area contributed by atoms with E-state index in [1.807, 2.05) is 0 Å². The monoisotopic (exact) mass is 1240 g/mol. The molecule has 19 rings (SSSR count). The Morgan fingerprint density at radius 1 is 0.165 bits per heavy atom. The quantitative estimate of drug-likeness (QED) is 0.135. The second kappa shape index (κ2) is 21.0. The summed E-state index contributed by atoms with van der Waals surface area (Å²) in [5.74, 6) is 0. The van der Waals surface area contributed by atoms with Gasteiger partial charge in [0.25, 0.3) is 0 Å². The first-order valence-corrected chi connectivity index (χ1v) is 34.3. The van der Waals surface area contributed by atoms with Crippen molar-refractivity contribution in [2.45, 2.75) is 63.2 Å². The predicted octanol–water partition coefficient (Wildman–Crippen LogP) is 25.0. The number of anilines is 9. The lowest BCUT2D eigenvalue weighted by Crippen LogP contribution is -2.26. The number of hydrogen-bond donors (Lipinski definition) is 0.